The Morgan fingerprint density at radius 3 is 2.50 bits per heavy atom. The largest absolute Gasteiger partial charge is 0.389 e. The first-order chi connectivity index (χ1) is 9.31. The Hall–Kier alpha value is -1.55. The molecule has 0 fully saturated rings. The normalized spacial score (nSPS) is 13.9. The van der Waals surface area contributed by atoms with Crippen LogP contribution in [0.1, 0.15) is 45.8 Å². The molecule has 0 aliphatic heterocycles. The van der Waals surface area contributed by atoms with E-state index in [1.165, 1.54) is 0 Å². The van der Waals surface area contributed by atoms with Gasteiger partial charge in [0.1, 0.15) is 0 Å². The van der Waals surface area contributed by atoms with Gasteiger partial charge in [-0.2, -0.15) is 0 Å². The third-order valence-corrected chi connectivity index (χ3v) is 3.41. The molecule has 0 radical (unpaired) electrons. The van der Waals surface area contributed by atoms with Crippen LogP contribution in [0.15, 0.2) is 24.3 Å². The molecule has 1 aromatic rings. The van der Waals surface area contributed by atoms with Crippen LogP contribution in [0.3, 0.4) is 0 Å². The highest BCUT2D eigenvalue weighted by Crippen LogP contribution is 2.18. The summed E-state index contributed by atoms with van der Waals surface area (Å²) in [6, 6.07) is 7.35. The zero-order valence-corrected chi connectivity index (χ0v) is 13.1. The maximum absolute atomic E-state index is 12.2. The minimum atomic E-state index is -0.538. The van der Waals surface area contributed by atoms with E-state index in [1.807, 2.05) is 25.1 Å². The van der Waals surface area contributed by atoms with Gasteiger partial charge in [0, 0.05) is 18.8 Å². The number of aliphatic hydroxyl groups is 1. The topological polar surface area (TPSA) is 52.6 Å². The van der Waals surface area contributed by atoms with Crippen molar-refractivity contribution in [2.75, 3.05) is 12.4 Å². The lowest BCUT2D eigenvalue weighted by atomic mass is 10.0. The highest BCUT2D eigenvalue weighted by molar-refractivity contribution is 5.89. The molecular formula is C16H26N2O2. The number of nitrogens with zero attached hydrogens (tertiary/aromatic N) is 1. The first kappa shape index (κ1) is 16.5. The SMILES string of the molecule is CC(C)CC(C)N(C)C(=O)Nc1cccc(C(C)O)c1. The van der Waals surface area contributed by atoms with E-state index in [2.05, 4.69) is 19.2 Å². The Bertz CT molecular complexity index is 444. The Balaban J connectivity index is 2.68. The van der Waals surface area contributed by atoms with Gasteiger partial charge in [-0.15, -0.1) is 0 Å². The minimum Gasteiger partial charge on any atom is -0.389 e. The lowest BCUT2D eigenvalue weighted by Crippen LogP contribution is -2.38. The van der Waals surface area contributed by atoms with E-state index < -0.39 is 6.10 Å². The molecular weight excluding hydrogens is 252 g/mol. The lowest BCUT2D eigenvalue weighted by Gasteiger charge is -2.26. The molecule has 0 heterocycles. The van der Waals surface area contributed by atoms with E-state index in [-0.39, 0.29) is 12.1 Å². The molecule has 4 nitrogen and oxygen atoms in total. The Labute approximate surface area is 121 Å². The van der Waals surface area contributed by atoms with Crippen LogP contribution in [0.4, 0.5) is 10.5 Å². The zero-order valence-electron chi connectivity index (χ0n) is 13.1. The molecule has 0 bridgehead atoms. The van der Waals surface area contributed by atoms with Crippen LogP contribution < -0.4 is 5.32 Å². The van der Waals surface area contributed by atoms with Crippen LogP contribution in [0.2, 0.25) is 0 Å². The summed E-state index contributed by atoms with van der Waals surface area (Å²) in [7, 11) is 1.81. The van der Waals surface area contributed by atoms with Gasteiger partial charge in [-0.05, 0) is 43.9 Å². The van der Waals surface area contributed by atoms with E-state index in [0.717, 1.165) is 12.0 Å². The van der Waals surface area contributed by atoms with Crippen molar-refractivity contribution < 1.29 is 9.90 Å². The Morgan fingerprint density at radius 2 is 1.95 bits per heavy atom. The predicted molar refractivity (Wildman–Crippen MR) is 82.8 cm³/mol. The maximum Gasteiger partial charge on any atom is 0.321 e. The van der Waals surface area contributed by atoms with Gasteiger partial charge in [-0.3, -0.25) is 0 Å². The standard InChI is InChI=1S/C16H26N2O2/c1-11(2)9-12(3)18(5)16(20)17-15-8-6-7-14(10-15)13(4)19/h6-8,10-13,19H,9H2,1-5H3,(H,17,20). The number of urea groups is 1. The maximum atomic E-state index is 12.2. The first-order valence-electron chi connectivity index (χ1n) is 7.13. The molecule has 0 saturated carbocycles. The van der Waals surface area contributed by atoms with E-state index in [1.54, 1.807) is 24.9 Å². The molecule has 4 heteroatoms. The molecule has 1 rings (SSSR count). The third-order valence-electron chi connectivity index (χ3n) is 3.41. The van der Waals surface area contributed by atoms with Crippen molar-refractivity contribution in [2.45, 2.75) is 46.3 Å². The number of carbonyl (C=O) groups excluding carboxylic acids is 1. The van der Waals surface area contributed by atoms with Crippen molar-refractivity contribution in [1.82, 2.24) is 4.90 Å². The highest BCUT2D eigenvalue weighted by Gasteiger charge is 2.17. The molecule has 0 aliphatic carbocycles. The van der Waals surface area contributed by atoms with E-state index in [0.29, 0.717) is 11.6 Å². The van der Waals surface area contributed by atoms with Crippen LogP contribution in [0.5, 0.6) is 0 Å². The number of hydrogen-bond donors (Lipinski definition) is 2. The Morgan fingerprint density at radius 1 is 1.30 bits per heavy atom. The van der Waals surface area contributed by atoms with Crippen LogP contribution in [-0.2, 0) is 0 Å². The summed E-state index contributed by atoms with van der Waals surface area (Å²) in [5.41, 5.74) is 1.50. The molecule has 1 aromatic carbocycles. The zero-order chi connectivity index (χ0) is 15.3. The number of nitrogens with one attached hydrogen (secondary N) is 1. The smallest absolute Gasteiger partial charge is 0.321 e. The van der Waals surface area contributed by atoms with Crippen molar-refractivity contribution in [3.63, 3.8) is 0 Å². The number of anilines is 1. The van der Waals surface area contributed by atoms with Crippen molar-refractivity contribution >= 4 is 11.7 Å². The van der Waals surface area contributed by atoms with E-state index >= 15 is 0 Å². The molecule has 2 amide bonds. The van der Waals surface area contributed by atoms with Crippen molar-refractivity contribution in [3.05, 3.63) is 29.8 Å². The summed E-state index contributed by atoms with van der Waals surface area (Å²) >= 11 is 0. The van der Waals surface area contributed by atoms with Gasteiger partial charge in [0.2, 0.25) is 0 Å². The van der Waals surface area contributed by atoms with Crippen molar-refractivity contribution in [2.24, 2.45) is 5.92 Å². The summed E-state index contributed by atoms with van der Waals surface area (Å²) in [6.07, 6.45) is 0.432. The minimum absolute atomic E-state index is 0.124. The van der Waals surface area contributed by atoms with Crippen LogP contribution in [0.25, 0.3) is 0 Å². The number of amides is 2. The second-order valence-corrected chi connectivity index (χ2v) is 5.82. The molecule has 0 aromatic heterocycles. The average molecular weight is 278 g/mol. The second kappa shape index (κ2) is 7.29. The van der Waals surface area contributed by atoms with Gasteiger partial charge in [0.05, 0.1) is 6.10 Å². The highest BCUT2D eigenvalue weighted by atomic mass is 16.3. The van der Waals surface area contributed by atoms with Crippen LogP contribution in [0, 0.1) is 5.92 Å². The number of hydrogen-bond acceptors (Lipinski definition) is 2. The fourth-order valence-corrected chi connectivity index (χ4v) is 2.13. The average Bonchev–Trinajstić information content (AvgIpc) is 2.37. The summed E-state index contributed by atoms with van der Waals surface area (Å²) in [5, 5.41) is 12.4. The predicted octanol–water partition coefficient (Wildman–Crippen LogP) is 3.64. The quantitative estimate of drug-likeness (QED) is 0.864. The molecule has 2 N–H and O–H groups in total. The van der Waals surface area contributed by atoms with Gasteiger partial charge < -0.3 is 15.3 Å². The molecule has 112 valence electrons. The van der Waals surface area contributed by atoms with Gasteiger partial charge in [0.25, 0.3) is 0 Å². The van der Waals surface area contributed by atoms with Gasteiger partial charge in [-0.1, -0.05) is 26.0 Å². The third kappa shape index (κ3) is 4.85. The summed E-state index contributed by atoms with van der Waals surface area (Å²) < 4.78 is 0. The second-order valence-electron chi connectivity index (χ2n) is 5.82. The number of rotatable bonds is 5. The number of benzene rings is 1. The van der Waals surface area contributed by atoms with Gasteiger partial charge in [0.15, 0.2) is 0 Å². The summed E-state index contributed by atoms with van der Waals surface area (Å²) in [4.78, 5) is 13.9. The number of aliphatic hydroxyl groups excluding tert-OH is 1. The molecule has 0 saturated heterocycles. The van der Waals surface area contributed by atoms with E-state index in [9.17, 15) is 9.90 Å². The van der Waals surface area contributed by atoms with Crippen molar-refractivity contribution in [1.29, 1.82) is 0 Å². The fourth-order valence-electron chi connectivity index (χ4n) is 2.13. The van der Waals surface area contributed by atoms with Gasteiger partial charge >= 0.3 is 6.03 Å². The monoisotopic (exact) mass is 278 g/mol. The summed E-state index contributed by atoms with van der Waals surface area (Å²) in [6.45, 7) is 8.05. The first-order valence-corrected chi connectivity index (χ1v) is 7.13. The van der Waals surface area contributed by atoms with Crippen molar-refractivity contribution in [3.8, 4) is 0 Å². The van der Waals surface area contributed by atoms with Crippen LogP contribution in [-0.4, -0.2) is 29.1 Å². The molecule has 0 spiro atoms. The lowest BCUT2D eigenvalue weighted by molar-refractivity contribution is 0.198. The molecule has 20 heavy (non-hydrogen) atoms. The fraction of sp³-hybridized carbons (Fsp3) is 0.562. The van der Waals surface area contributed by atoms with E-state index in [4.69, 9.17) is 0 Å². The number of carbonyl (C=O) groups is 1. The van der Waals surface area contributed by atoms with Gasteiger partial charge in [-0.25, -0.2) is 4.79 Å². The molecule has 0 aliphatic rings. The molecule has 2 unspecified atom stereocenters. The van der Waals surface area contributed by atoms with Crippen LogP contribution >= 0.6 is 0 Å². The summed E-state index contributed by atoms with van der Waals surface area (Å²) in [5.74, 6) is 0.554. The Kier molecular flexibility index (Phi) is 6.02. The molecule has 2 atom stereocenters.